The SMILES string of the molecule is CC(=O)Nc1ccc(NCC(=O)N(C2CCCCC2)C2CCS(=O)(=O)C2)c(C(F)(F)F)c1. The van der Waals surface area contributed by atoms with Crippen LogP contribution < -0.4 is 10.6 Å². The van der Waals surface area contributed by atoms with Gasteiger partial charge < -0.3 is 15.5 Å². The van der Waals surface area contributed by atoms with E-state index in [1.165, 1.54) is 19.1 Å². The molecular weight excluding hydrogens is 447 g/mol. The predicted octanol–water partition coefficient (Wildman–Crippen LogP) is 3.42. The Bertz CT molecular complexity index is 960. The number of hydrogen-bond acceptors (Lipinski definition) is 5. The molecule has 7 nitrogen and oxygen atoms in total. The maximum Gasteiger partial charge on any atom is 0.418 e. The lowest BCUT2D eigenvalue weighted by Gasteiger charge is -2.38. The molecule has 32 heavy (non-hydrogen) atoms. The number of nitrogens with one attached hydrogen (secondary N) is 2. The fraction of sp³-hybridized carbons (Fsp3) is 0.619. The molecule has 2 N–H and O–H groups in total. The standard InChI is InChI=1S/C21H28F3N3O4S/c1-14(28)26-15-7-8-19(18(11-15)21(22,23)24)25-12-20(29)27(16-5-3-2-4-6-16)17-9-10-32(30,31)13-17/h7-8,11,16-17,25H,2-6,9-10,12-13H2,1H3,(H,26,28). The van der Waals surface area contributed by atoms with Crippen LogP contribution in [0.15, 0.2) is 18.2 Å². The normalized spacial score (nSPS) is 21.2. The van der Waals surface area contributed by atoms with E-state index in [-0.39, 0.29) is 35.5 Å². The lowest BCUT2D eigenvalue weighted by molar-refractivity contribution is -0.137. The van der Waals surface area contributed by atoms with Crippen LogP contribution in [-0.2, 0) is 25.6 Å². The third-order valence-corrected chi connectivity index (χ3v) is 7.68. The summed E-state index contributed by atoms with van der Waals surface area (Å²) in [6.45, 7) is 0.816. The van der Waals surface area contributed by atoms with E-state index in [2.05, 4.69) is 10.6 Å². The van der Waals surface area contributed by atoms with Crippen molar-refractivity contribution >= 4 is 33.0 Å². The van der Waals surface area contributed by atoms with Crippen LogP contribution in [-0.4, -0.2) is 55.3 Å². The summed E-state index contributed by atoms with van der Waals surface area (Å²) in [5, 5.41) is 4.91. The Hall–Kier alpha value is -2.30. The van der Waals surface area contributed by atoms with E-state index in [0.717, 1.165) is 38.2 Å². The van der Waals surface area contributed by atoms with Gasteiger partial charge in [-0.15, -0.1) is 0 Å². The number of halogens is 3. The second-order valence-corrected chi connectivity index (χ2v) is 10.7. The molecule has 3 rings (SSSR count). The van der Waals surface area contributed by atoms with Crippen molar-refractivity contribution in [3.8, 4) is 0 Å². The van der Waals surface area contributed by atoms with Gasteiger partial charge in [-0.2, -0.15) is 13.2 Å². The largest absolute Gasteiger partial charge is 0.418 e. The molecule has 1 saturated heterocycles. The van der Waals surface area contributed by atoms with Gasteiger partial charge in [0.2, 0.25) is 11.8 Å². The molecule has 0 aromatic heterocycles. The van der Waals surface area contributed by atoms with Gasteiger partial charge in [0.1, 0.15) is 0 Å². The van der Waals surface area contributed by atoms with Gasteiger partial charge in [0.15, 0.2) is 9.84 Å². The van der Waals surface area contributed by atoms with Gasteiger partial charge in [-0.05, 0) is 37.5 Å². The summed E-state index contributed by atoms with van der Waals surface area (Å²) >= 11 is 0. The molecule has 0 radical (unpaired) electrons. The van der Waals surface area contributed by atoms with E-state index in [0.29, 0.717) is 6.42 Å². The van der Waals surface area contributed by atoms with Crippen molar-refractivity contribution in [2.45, 2.75) is 63.7 Å². The van der Waals surface area contributed by atoms with Gasteiger partial charge in [-0.3, -0.25) is 9.59 Å². The molecule has 2 aliphatic rings. The minimum Gasteiger partial charge on any atom is -0.376 e. The molecule has 1 heterocycles. The van der Waals surface area contributed by atoms with Gasteiger partial charge in [0, 0.05) is 30.4 Å². The molecule has 178 valence electrons. The third-order valence-electron chi connectivity index (χ3n) is 5.93. The summed E-state index contributed by atoms with van der Waals surface area (Å²) in [4.78, 5) is 25.9. The Morgan fingerprint density at radius 1 is 1.09 bits per heavy atom. The van der Waals surface area contributed by atoms with Crippen LogP contribution in [0.4, 0.5) is 24.5 Å². The maximum atomic E-state index is 13.6. The Kier molecular flexibility index (Phi) is 7.36. The summed E-state index contributed by atoms with van der Waals surface area (Å²) in [7, 11) is -3.22. The summed E-state index contributed by atoms with van der Waals surface area (Å²) in [5.74, 6) is -0.986. The van der Waals surface area contributed by atoms with Crippen molar-refractivity contribution in [3.05, 3.63) is 23.8 Å². The fourth-order valence-electron chi connectivity index (χ4n) is 4.54. The fourth-order valence-corrected chi connectivity index (χ4v) is 6.25. The predicted molar refractivity (Wildman–Crippen MR) is 115 cm³/mol. The van der Waals surface area contributed by atoms with E-state index in [4.69, 9.17) is 0 Å². The van der Waals surface area contributed by atoms with Crippen molar-refractivity contribution < 1.29 is 31.2 Å². The topological polar surface area (TPSA) is 95.6 Å². The second kappa shape index (κ2) is 9.68. The van der Waals surface area contributed by atoms with Crippen molar-refractivity contribution in [3.63, 3.8) is 0 Å². The zero-order chi connectivity index (χ0) is 23.5. The molecule has 1 unspecified atom stereocenters. The number of sulfone groups is 1. The van der Waals surface area contributed by atoms with Crippen LogP contribution in [0.1, 0.15) is 51.0 Å². The molecule has 0 spiro atoms. The molecular formula is C21H28F3N3O4S. The maximum absolute atomic E-state index is 13.6. The molecule has 11 heteroatoms. The number of rotatable bonds is 6. The van der Waals surface area contributed by atoms with E-state index in [1.807, 2.05) is 0 Å². The first kappa shape index (κ1) is 24.3. The molecule has 2 fully saturated rings. The highest BCUT2D eigenvalue weighted by atomic mass is 32.2. The number of alkyl halides is 3. The van der Waals surface area contributed by atoms with Gasteiger partial charge in [0.25, 0.3) is 0 Å². The average Bonchev–Trinajstić information content (AvgIpc) is 3.06. The number of nitrogens with zero attached hydrogens (tertiary/aromatic N) is 1. The smallest absolute Gasteiger partial charge is 0.376 e. The van der Waals surface area contributed by atoms with Crippen LogP contribution >= 0.6 is 0 Å². The molecule has 1 atom stereocenters. The lowest BCUT2D eigenvalue weighted by atomic mass is 9.93. The highest BCUT2D eigenvalue weighted by Crippen LogP contribution is 2.37. The van der Waals surface area contributed by atoms with Crippen LogP contribution in [0, 0.1) is 0 Å². The van der Waals surface area contributed by atoms with Crippen LogP contribution in [0.3, 0.4) is 0 Å². The number of hydrogen-bond donors (Lipinski definition) is 2. The monoisotopic (exact) mass is 475 g/mol. The molecule has 1 aromatic carbocycles. The van der Waals surface area contributed by atoms with Crippen molar-refractivity contribution in [2.75, 3.05) is 28.7 Å². The highest BCUT2D eigenvalue weighted by Gasteiger charge is 2.39. The minimum atomic E-state index is -4.69. The molecule has 1 aliphatic carbocycles. The number of benzene rings is 1. The summed E-state index contributed by atoms with van der Waals surface area (Å²) < 4.78 is 64.6. The van der Waals surface area contributed by atoms with E-state index < -0.39 is 39.4 Å². The Morgan fingerprint density at radius 3 is 2.34 bits per heavy atom. The molecule has 1 saturated carbocycles. The number of amides is 2. The van der Waals surface area contributed by atoms with Crippen molar-refractivity contribution in [1.82, 2.24) is 4.90 Å². The van der Waals surface area contributed by atoms with Crippen molar-refractivity contribution in [1.29, 1.82) is 0 Å². The number of anilines is 2. The molecule has 0 bridgehead atoms. The Balaban J connectivity index is 1.78. The average molecular weight is 476 g/mol. The first-order valence-corrected chi connectivity index (χ1v) is 12.5. The van der Waals surface area contributed by atoms with E-state index in [1.54, 1.807) is 4.90 Å². The zero-order valence-electron chi connectivity index (χ0n) is 17.9. The summed E-state index contributed by atoms with van der Waals surface area (Å²) in [6, 6.07) is 2.77. The summed E-state index contributed by atoms with van der Waals surface area (Å²) in [5.41, 5.74) is -1.27. The first-order valence-electron chi connectivity index (χ1n) is 10.7. The number of carbonyl (C=O) groups excluding carboxylic acids is 2. The van der Waals surface area contributed by atoms with E-state index >= 15 is 0 Å². The quantitative estimate of drug-likeness (QED) is 0.657. The molecule has 1 aliphatic heterocycles. The first-order chi connectivity index (χ1) is 15.0. The van der Waals surface area contributed by atoms with Crippen LogP contribution in [0.2, 0.25) is 0 Å². The number of carbonyl (C=O) groups is 2. The summed E-state index contributed by atoms with van der Waals surface area (Å²) in [6.07, 6.45) is 0.110. The van der Waals surface area contributed by atoms with Crippen molar-refractivity contribution in [2.24, 2.45) is 0 Å². The van der Waals surface area contributed by atoms with Gasteiger partial charge in [-0.1, -0.05) is 19.3 Å². The van der Waals surface area contributed by atoms with Crippen LogP contribution in [0.5, 0.6) is 0 Å². The third kappa shape index (κ3) is 6.14. The van der Waals surface area contributed by atoms with Gasteiger partial charge in [-0.25, -0.2) is 8.42 Å². The Morgan fingerprint density at radius 2 is 1.78 bits per heavy atom. The molecule has 1 aromatic rings. The Labute approximate surface area is 185 Å². The minimum absolute atomic E-state index is 0.00157. The second-order valence-electron chi connectivity index (χ2n) is 8.44. The highest BCUT2D eigenvalue weighted by molar-refractivity contribution is 7.91. The zero-order valence-corrected chi connectivity index (χ0v) is 18.7. The van der Waals surface area contributed by atoms with Gasteiger partial charge >= 0.3 is 6.18 Å². The lowest BCUT2D eigenvalue weighted by Crippen LogP contribution is -2.50. The van der Waals surface area contributed by atoms with E-state index in [9.17, 15) is 31.2 Å². The van der Waals surface area contributed by atoms with Crippen LogP contribution in [0.25, 0.3) is 0 Å². The van der Waals surface area contributed by atoms with Gasteiger partial charge in [0.05, 0.1) is 23.6 Å². The molecule has 2 amide bonds.